The molecule has 0 radical (unpaired) electrons. The van der Waals surface area contributed by atoms with Crippen LogP contribution in [0.4, 0.5) is 0 Å². The summed E-state index contributed by atoms with van der Waals surface area (Å²) in [6, 6.07) is 4.34. The van der Waals surface area contributed by atoms with E-state index in [1.165, 1.54) is 211 Å². The molecule has 1 aromatic rings. The van der Waals surface area contributed by atoms with Crippen LogP contribution in [0.1, 0.15) is 276 Å². The number of esters is 2. The van der Waals surface area contributed by atoms with Gasteiger partial charge in [0, 0.05) is 0 Å². The molecule has 318 valence electrons. The van der Waals surface area contributed by atoms with Crippen LogP contribution in [0.15, 0.2) is 18.2 Å². The Hall–Kier alpha value is -2.37. The molecule has 1 aromatic carbocycles. The van der Waals surface area contributed by atoms with Crippen LogP contribution < -0.4 is 0 Å². The van der Waals surface area contributed by atoms with Crippen LogP contribution in [0.3, 0.4) is 0 Å². The highest BCUT2D eigenvalue weighted by Gasteiger charge is 2.25. The molecule has 6 nitrogen and oxygen atoms in total. The molecular weight excluding hydrogens is 685 g/mol. The Morgan fingerprint density at radius 3 is 0.818 bits per heavy atom. The standard InChI is InChI=1S/C49H86O6/c1-3-5-7-9-11-13-15-17-19-21-23-25-27-29-31-33-35-37-42-54-48(52)44-40-39-41-45(46(44)47(50)51)49(53)55-43-38-36-34-32-30-28-26-24-22-20-18-16-14-12-10-8-6-4-2/h39-41H,3-38,42-43H2,1-2H3,(H,50,51). The van der Waals surface area contributed by atoms with Crippen molar-refractivity contribution in [1.29, 1.82) is 0 Å². The second-order valence-electron chi connectivity index (χ2n) is 16.3. The number of hydrogen-bond acceptors (Lipinski definition) is 5. The fourth-order valence-corrected chi connectivity index (χ4v) is 7.62. The predicted molar refractivity (Wildman–Crippen MR) is 232 cm³/mol. The number of unbranched alkanes of at least 4 members (excludes halogenated alkanes) is 34. The summed E-state index contributed by atoms with van der Waals surface area (Å²) in [4.78, 5) is 37.8. The first-order chi connectivity index (χ1) is 27.0. The van der Waals surface area contributed by atoms with E-state index in [0.29, 0.717) is 0 Å². The number of ether oxygens (including phenoxy) is 2. The fourth-order valence-electron chi connectivity index (χ4n) is 7.62. The van der Waals surface area contributed by atoms with E-state index in [9.17, 15) is 19.5 Å². The first kappa shape index (κ1) is 50.6. The number of aromatic carboxylic acids is 1. The highest BCUT2D eigenvalue weighted by atomic mass is 16.5. The normalized spacial score (nSPS) is 11.2. The Labute approximate surface area is 339 Å². The zero-order chi connectivity index (χ0) is 39.9. The van der Waals surface area contributed by atoms with E-state index in [4.69, 9.17) is 9.47 Å². The lowest BCUT2D eigenvalue weighted by Gasteiger charge is -2.11. The molecule has 0 aromatic heterocycles. The molecular formula is C49H86O6. The van der Waals surface area contributed by atoms with E-state index in [-0.39, 0.29) is 29.9 Å². The molecule has 1 N–H and O–H groups in total. The summed E-state index contributed by atoms with van der Waals surface area (Å²) in [7, 11) is 0. The summed E-state index contributed by atoms with van der Waals surface area (Å²) in [5.41, 5.74) is -0.539. The van der Waals surface area contributed by atoms with Gasteiger partial charge in [0.15, 0.2) is 0 Å². The number of carboxylic acids is 1. The van der Waals surface area contributed by atoms with Crippen molar-refractivity contribution < 1.29 is 29.0 Å². The number of carboxylic acid groups (broad SMARTS) is 1. The number of hydrogen-bond donors (Lipinski definition) is 1. The maximum absolute atomic E-state index is 12.8. The van der Waals surface area contributed by atoms with Crippen molar-refractivity contribution in [1.82, 2.24) is 0 Å². The van der Waals surface area contributed by atoms with Crippen molar-refractivity contribution in [3.8, 4) is 0 Å². The third kappa shape index (κ3) is 29.5. The summed E-state index contributed by atoms with van der Waals surface area (Å²) in [5, 5.41) is 9.90. The molecule has 0 saturated heterocycles. The maximum atomic E-state index is 12.8. The summed E-state index contributed by atoms with van der Waals surface area (Å²) in [6.07, 6.45) is 46.4. The smallest absolute Gasteiger partial charge is 0.339 e. The van der Waals surface area contributed by atoms with E-state index in [1.54, 1.807) is 0 Å². The highest BCUT2D eigenvalue weighted by molar-refractivity contribution is 6.09. The second-order valence-corrected chi connectivity index (χ2v) is 16.3. The number of benzene rings is 1. The molecule has 6 heteroatoms. The lowest BCUT2D eigenvalue weighted by molar-refractivity contribution is 0.0476. The molecule has 0 fully saturated rings. The molecule has 0 spiro atoms. The lowest BCUT2D eigenvalue weighted by atomic mass is 10.0. The van der Waals surface area contributed by atoms with Crippen molar-refractivity contribution in [2.75, 3.05) is 13.2 Å². The third-order valence-electron chi connectivity index (χ3n) is 11.2. The molecule has 0 aliphatic carbocycles. The molecule has 0 bridgehead atoms. The Balaban J connectivity index is 2.09. The topological polar surface area (TPSA) is 89.9 Å². The van der Waals surface area contributed by atoms with Crippen LogP contribution in [0.2, 0.25) is 0 Å². The first-order valence-corrected chi connectivity index (χ1v) is 23.7. The third-order valence-corrected chi connectivity index (χ3v) is 11.2. The molecule has 0 aliphatic heterocycles. The minimum absolute atomic E-state index is 0.0995. The average molecular weight is 771 g/mol. The van der Waals surface area contributed by atoms with Crippen molar-refractivity contribution >= 4 is 17.9 Å². The van der Waals surface area contributed by atoms with Gasteiger partial charge in [0.25, 0.3) is 0 Å². The van der Waals surface area contributed by atoms with Gasteiger partial charge >= 0.3 is 17.9 Å². The average Bonchev–Trinajstić information content (AvgIpc) is 3.19. The molecule has 0 unspecified atom stereocenters. The van der Waals surface area contributed by atoms with Crippen LogP contribution in [0, 0.1) is 0 Å². The zero-order valence-corrected chi connectivity index (χ0v) is 36.1. The minimum Gasteiger partial charge on any atom is -0.478 e. The number of carbonyl (C=O) groups is 3. The van der Waals surface area contributed by atoms with Gasteiger partial charge in [-0.25, -0.2) is 14.4 Å². The SMILES string of the molecule is CCCCCCCCCCCCCCCCCCCCOC(=O)c1cccc(C(=O)OCCCCCCCCCCCCCCCCCCCC)c1C(=O)O. The van der Waals surface area contributed by atoms with Crippen LogP contribution >= 0.6 is 0 Å². The fraction of sp³-hybridized carbons (Fsp3) is 0.816. The Morgan fingerprint density at radius 2 is 0.600 bits per heavy atom. The van der Waals surface area contributed by atoms with Crippen molar-refractivity contribution in [3.05, 3.63) is 34.9 Å². The van der Waals surface area contributed by atoms with Crippen molar-refractivity contribution in [2.45, 2.75) is 245 Å². The van der Waals surface area contributed by atoms with Gasteiger partial charge in [-0.1, -0.05) is 238 Å². The largest absolute Gasteiger partial charge is 0.478 e. The van der Waals surface area contributed by atoms with Crippen molar-refractivity contribution in [3.63, 3.8) is 0 Å². The molecule has 0 saturated carbocycles. The van der Waals surface area contributed by atoms with E-state index >= 15 is 0 Å². The van der Waals surface area contributed by atoms with Crippen molar-refractivity contribution in [2.24, 2.45) is 0 Å². The van der Waals surface area contributed by atoms with E-state index in [0.717, 1.165) is 38.5 Å². The Bertz CT molecular complexity index is 980. The maximum Gasteiger partial charge on any atom is 0.339 e. The minimum atomic E-state index is -1.33. The molecule has 0 heterocycles. The van der Waals surface area contributed by atoms with E-state index in [1.807, 2.05) is 0 Å². The number of rotatable bonds is 41. The number of carbonyl (C=O) groups excluding carboxylic acids is 2. The van der Waals surface area contributed by atoms with Crippen LogP contribution in [-0.2, 0) is 9.47 Å². The molecule has 0 atom stereocenters. The van der Waals surface area contributed by atoms with Crippen LogP contribution in [0.25, 0.3) is 0 Å². The summed E-state index contributed by atoms with van der Waals surface area (Å²) in [5.74, 6) is -2.74. The van der Waals surface area contributed by atoms with Gasteiger partial charge < -0.3 is 14.6 Å². The zero-order valence-electron chi connectivity index (χ0n) is 36.1. The summed E-state index contributed by atoms with van der Waals surface area (Å²) < 4.78 is 10.9. The summed E-state index contributed by atoms with van der Waals surface area (Å²) >= 11 is 0. The van der Waals surface area contributed by atoms with E-state index in [2.05, 4.69) is 13.8 Å². The molecule has 55 heavy (non-hydrogen) atoms. The molecule has 1 rings (SSSR count). The molecule has 0 aliphatic rings. The first-order valence-electron chi connectivity index (χ1n) is 23.7. The monoisotopic (exact) mass is 771 g/mol. The van der Waals surface area contributed by atoms with Crippen LogP contribution in [-0.4, -0.2) is 36.2 Å². The lowest BCUT2D eigenvalue weighted by Crippen LogP contribution is -2.18. The summed E-state index contributed by atoms with van der Waals surface area (Å²) in [6.45, 7) is 5.03. The Kier molecular flexibility index (Phi) is 35.5. The van der Waals surface area contributed by atoms with Gasteiger partial charge in [0.2, 0.25) is 0 Å². The van der Waals surface area contributed by atoms with Gasteiger partial charge in [-0.3, -0.25) is 0 Å². The van der Waals surface area contributed by atoms with Gasteiger partial charge in [0.05, 0.1) is 29.9 Å². The molecule has 0 amide bonds. The van der Waals surface area contributed by atoms with Gasteiger partial charge in [0.1, 0.15) is 0 Å². The van der Waals surface area contributed by atoms with Crippen LogP contribution in [0.5, 0.6) is 0 Å². The predicted octanol–water partition coefficient (Wildman–Crippen LogP) is 15.8. The highest BCUT2D eigenvalue weighted by Crippen LogP contribution is 2.20. The van der Waals surface area contributed by atoms with Gasteiger partial charge in [-0.2, -0.15) is 0 Å². The quantitative estimate of drug-likeness (QED) is 0.0527. The van der Waals surface area contributed by atoms with Gasteiger partial charge in [-0.05, 0) is 25.0 Å². The van der Waals surface area contributed by atoms with E-state index < -0.39 is 17.9 Å². The Morgan fingerprint density at radius 1 is 0.382 bits per heavy atom. The second kappa shape index (κ2) is 38.5. The van der Waals surface area contributed by atoms with Gasteiger partial charge in [-0.15, -0.1) is 0 Å².